The summed E-state index contributed by atoms with van der Waals surface area (Å²) in [5, 5.41) is 10.0. The fourth-order valence-electron chi connectivity index (χ4n) is 3.13. The van der Waals surface area contributed by atoms with Crippen LogP contribution in [-0.4, -0.2) is 26.6 Å². The molecule has 7 nitrogen and oxygen atoms in total. The molecule has 31 heavy (non-hydrogen) atoms. The van der Waals surface area contributed by atoms with Crippen molar-refractivity contribution in [1.29, 1.82) is 0 Å². The van der Waals surface area contributed by atoms with Crippen LogP contribution in [0.1, 0.15) is 31.8 Å². The molecule has 2 heterocycles. The molecule has 2 amide bonds. The highest BCUT2D eigenvalue weighted by Gasteiger charge is 2.13. The van der Waals surface area contributed by atoms with Crippen LogP contribution in [0, 0.1) is 6.92 Å². The Labute approximate surface area is 179 Å². The first-order chi connectivity index (χ1) is 15.1. The summed E-state index contributed by atoms with van der Waals surface area (Å²) in [6, 6.07) is 19.7. The molecule has 0 saturated heterocycles. The number of anilines is 1. The monoisotopic (exact) mass is 411 g/mol. The third-order valence-corrected chi connectivity index (χ3v) is 4.81. The van der Waals surface area contributed by atoms with Crippen LogP contribution in [0.3, 0.4) is 0 Å². The lowest BCUT2D eigenvalue weighted by atomic mass is 10.1. The van der Waals surface area contributed by atoms with E-state index >= 15 is 0 Å². The smallest absolute Gasteiger partial charge is 0.255 e. The van der Waals surface area contributed by atoms with Crippen LogP contribution in [0.4, 0.5) is 5.69 Å². The van der Waals surface area contributed by atoms with Crippen molar-refractivity contribution in [1.82, 2.24) is 20.1 Å². The molecule has 4 aromatic rings. The molecule has 7 heteroatoms. The lowest BCUT2D eigenvalue weighted by Gasteiger charge is -2.12. The van der Waals surface area contributed by atoms with E-state index < -0.39 is 0 Å². The third kappa shape index (κ3) is 4.67. The van der Waals surface area contributed by atoms with Gasteiger partial charge in [0.05, 0.1) is 0 Å². The maximum absolute atomic E-state index is 12.8. The minimum Gasteiger partial charge on any atom is -0.348 e. The molecule has 0 spiro atoms. The van der Waals surface area contributed by atoms with Crippen molar-refractivity contribution in [2.45, 2.75) is 13.5 Å². The van der Waals surface area contributed by atoms with Gasteiger partial charge in [0.1, 0.15) is 0 Å². The van der Waals surface area contributed by atoms with E-state index in [1.165, 1.54) is 0 Å². The number of pyridine rings is 1. The molecular formula is C24H21N5O2. The van der Waals surface area contributed by atoms with Gasteiger partial charge < -0.3 is 10.6 Å². The molecule has 2 N–H and O–H groups in total. The average molecular weight is 411 g/mol. The van der Waals surface area contributed by atoms with Crippen molar-refractivity contribution in [3.05, 3.63) is 108 Å². The predicted octanol–water partition coefficient (Wildman–Crippen LogP) is 3.76. The summed E-state index contributed by atoms with van der Waals surface area (Å²) in [6.07, 6.45) is 5.16. The minimum absolute atomic E-state index is 0.222. The van der Waals surface area contributed by atoms with Crippen molar-refractivity contribution < 1.29 is 9.59 Å². The first-order valence-electron chi connectivity index (χ1n) is 9.81. The van der Waals surface area contributed by atoms with E-state index in [-0.39, 0.29) is 11.8 Å². The lowest BCUT2D eigenvalue weighted by molar-refractivity contribution is 0.0949. The zero-order chi connectivity index (χ0) is 21.6. The largest absolute Gasteiger partial charge is 0.348 e. The summed E-state index contributed by atoms with van der Waals surface area (Å²) in [6.45, 7) is 2.18. The number of carbonyl (C=O) groups is 2. The highest BCUT2D eigenvalue weighted by molar-refractivity contribution is 6.05. The first-order valence-corrected chi connectivity index (χ1v) is 9.81. The molecule has 0 bridgehead atoms. The Morgan fingerprint density at radius 3 is 2.52 bits per heavy atom. The fourth-order valence-corrected chi connectivity index (χ4v) is 3.13. The van der Waals surface area contributed by atoms with Gasteiger partial charge in [0, 0.05) is 47.5 Å². The number of benzene rings is 2. The Bertz CT molecular complexity index is 1200. The molecule has 0 atom stereocenters. The Kier molecular flexibility index (Phi) is 5.84. The number of carbonyl (C=O) groups excluding carboxylic acids is 2. The van der Waals surface area contributed by atoms with Gasteiger partial charge in [-0.1, -0.05) is 30.3 Å². The summed E-state index contributed by atoms with van der Waals surface area (Å²) in [4.78, 5) is 29.6. The van der Waals surface area contributed by atoms with Crippen molar-refractivity contribution in [3.8, 4) is 5.82 Å². The molecule has 4 rings (SSSR count). The molecule has 2 aromatic carbocycles. The van der Waals surface area contributed by atoms with Gasteiger partial charge in [0.2, 0.25) is 0 Å². The second kappa shape index (κ2) is 9.04. The maximum Gasteiger partial charge on any atom is 0.255 e. The Morgan fingerprint density at radius 1 is 0.903 bits per heavy atom. The number of amides is 2. The van der Waals surface area contributed by atoms with E-state index in [0.717, 1.165) is 11.1 Å². The Morgan fingerprint density at radius 2 is 1.74 bits per heavy atom. The number of nitrogens with zero attached hydrogens (tertiary/aromatic N) is 3. The van der Waals surface area contributed by atoms with Crippen LogP contribution >= 0.6 is 0 Å². The first kappa shape index (κ1) is 20.0. The molecule has 154 valence electrons. The minimum atomic E-state index is -0.245. The average Bonchev–Trinajstić information content (AvgIpc) is 3.34. The molecule has 0 fully saturated rings. The Balaban J connectivity index is 1.48. The summed E-state index contributed by atoms with van der Waals surface area (Å²) in [7, 11) is 0. The van der Waals surface area contributed by atoms with Crippen LogP contribution in [0.25, 0.3) is 5.82 Å². The molecule has 0 unspecified atom stereocenters. The number of aryl methyl sites for hydroxylation is 1. The molecule has 0 saturated carbocycles. The van der Waals surface area contributed by atoms with E-state index in [9.17, 15) is 9.59 Å². The normalized spacial score (nSPS) is 10.5. The zero-order valence-electron chi connectivity index (χ0n) is 16.9. The van der Waals surface area contributed by atoms with Crippen molar-refractivity contribution in [2.24, 2.45) is 0 Å². The lowest BCUT2D eigenvalue weighted by Crippen LogP contribution is -2.24. The van der Waals surface area contributed by atoms with Crippen molar-refractivity contribution in [3.63, 3.8) is 0 Å². The third-order valence-electron chi connectivity index (χ3n) is 4.81. The Hall–Kier alpha value is -4.26. The molecule has 0 aliphatic rings. The summed E-state index contributed by atoms with van der Waals surface area (Å²) >= 11 is 0. The standard InChI is InChI=1S/C24H21N5O2/c1-17-10-11-19(15-21(17)28-24(31)18-7-3-2-4-8-18)23(30)26-16-20-9-5-12-25-22(20)29-14-6-13-27-29/h2-15H,16H2,1H3,(H,26,30)(H,28,31). The van der Waals surface area contributed by atoms with E-state index in [0.29, 0.717) is 29.2 Å². The van der Waals surface area contributed by atoms with Crippen LogP contribution in [0.15, 0.2) is 85.3 Å². The zero-order valence-corrected chi connectivity index (χ0v) is 16.9. The summed E-state index contributed by atoms with van der Waals surface area (Å²) in [5.41, 5.74) is 3.32. The molecule has 0 aliphatic heterocycles. The number of rotatable bonds is 6. The number of hydrogen-bond donors (Lipinski definition) is 2. The van der Waals surface area contributed by atoms with Gasteiger partial charge in [-0.15, -0.1) is 0 Å². The number of nitrogens with one attached hydrogen (secondary N) is 2. The van der Waals surface area contributed by atoms with E-state index in [1.54, 1.807) is 47.5 Å². The van der Waals surface area contributed by atoms with Crippen LogP contribution < -0.4 is 10.6 Å². The van der Waals surface area contributed by atoms with Gasteiger partial charge in [0.25, 0.3) is 11.8 Å². The van der Waals surface area contributed by atoms with Gasteiger partial charge in [-0.3, -0.25) is 9.59 Å². The van der Waals surface area contributed by atoms with Gasteiger partial charge in [-0.25, -0.2) is 9.67 Å². The van der Waals surface area contributed by atoms with E-state index in [2.05, 4.69) is 20.7 Å². The van der Waals surface area contributed by atoms with Crippen molar-refractivity contribution >= 4 is 17.5 Å². The fraction of sp³-hybridized carbons (Fsp3) is 0.0833. The topological polar surface area (TPSA) is 88.9 Å². The number of hydrogen-bond acceptors (Lipinski definition) is 4. The van der Waals surface area contributed by atoms with Crippen LogP contribution in [0.2, 0.25) is 0 Å². The predicted molar refractivity (Wildman–Crippen MR) is 118 cm³/mol. The van der Waals surface area contributed by atoms with Crippen LogP contribution in [0.5, 0.6) is 0 Å². The van der Waals surface area contributed by atoms with Gasteiger partial charge in [-0.05, 0) is 48.9 Å². The molecule has 0 aliphatic carbocycles. The van der Waals surface area contributed by atoms with Crippen LogP contribution in [-0.2, 0) is 6.54 Å². The molecule has 0 radical (unpaired) electrons. The highest BCUT2D eigenvalue weighted by Crippen LogP contribution is 2.18. The van der Waals surface area contributed by atoms with E-state index in [1.807, 2.05) is 49.4 Å². The number of aromatic nitrogens is 3. The van der Waals surface area contributed by atoms with Gasteiger partial charge >= 0.3 is 0 Å². The van der Waals surface area contributed by atoms with Gasteiger partial charge in [0.15, 0.2) is 5.82 Å². The summed E-state index contributed by atoms with van der Waals surface area (Å²) in [5.74, 6) is 0.193. The summed E-state index contributed by atoms with van der Waals surface area (Å²) < 4.78 is 1.66. The molecule has 2 aromatic heterocycles. The van der Waals surface area contributed by atoms with E-state index in [4.69, 9.17) is 0 Å². The quantitative estimate of drug-likeness (QED) is 0.506. The highest BCUT2D eigenvalue weighted by atomic mass is 16.2. The molecular weight excluding hydrogens is 390 g/mol. The maximum atomic E-state index is 12.8. The second-order valence-electron chi connectivity index (χ2n) is 6.97. The van der Waals surface area contributed by atoms with Crippen molar-refractivity contribution in [2.75, 3.05) is 5.32 Å². The second-order valence-corrected chi connectivity index (χ2v) is 6.97. The SMILES string of the molecule is Cc1ccc(C(=O)NCc2cccnc2-n2cccn2)cc1NC(=O)c1ccccc1. The van der Waals surface area contributed by atoms with Gasteiger partial charge in [-0.2, -0.15) is 5.10 Å².